The molecule has 6 heteroatoms. The average molecular weight is 206 g/mol. The van der Waals surface area contributed by atoms with Gasteiger partial charge >= 0.3 is 0 Å². The van der Waals surface area contributed by atoms with E-state index in [1.54, 1.807) is 18.4 Å². The Morgan fingerprint density at radius 3 is 3.00 bits per heavy atom. The van der Waals surface area contributed by atoms with Crippen molar-refractivity contribution in [2.75, 3.05) is 5.32 Å². The summed E-state index contributed by atoms with van der Waals surface area (Å²) in [7, 11) is 0. The summed E-state index contributed by atoms with van der Waals surface area (Å²) in [6.07, 6.45) is 1.59. The summed E-state index contributed by atoms with van der Waals surface area (Å²) in [6.45, 7) is 0.483. The van der Waals surface area contributed by atoms with Gasteiger partial charge in [0, 0.05) is 0 Å². The molecule has 0 aliphatic carbocycles. The van der Waals surface area contributed by atoms with Crippen LogP contribution in [-0.2, 0) is 6.54 Å². The van der Waals surface area contributed by atoms with Gasteiger partial charge in [-0.2, -0.15) is 0 Å². The molecule has 0 atom stereocenters. The first-order chi connectivity index (χ1) is 7.25. The van der Waals surface area contributed by atoms with Crippen molar-refractivity contribution in [2.24, 2.45) is 0 Å². The zero-order chi connectivity index (χ0) is 10.7. The van der Waals surface area contributed by atoms with Gasteiger partial charge < -0.3 is 14.9 Å². The molecule has 0 fully saturated rings. The number of nitrogens with zero attached hydrogens (tertiary/aromatic N) is 2. The van der Waals surface area contributed by atoms with Crippen molar-refractivity contribution in [1.29, 1.82) is 5.41 Å². The van der Waals surface area contributed by atoms with Crippen molar-refractivity contribution >= 4 is 5.82 Å². The first kappa shape index (κ1) is 9.32. The lowest BCUT2D eigenvalue weighted by Crippen LogP contribution is -2.20. The molecule has 3 N–H and O–H groups in total. The van der Waals surface area contributed by atoms with Gasteiger partial charge in [0.15, 0.2) is 11.3 Å². The molecule has 6 nitrogen and oxygen atoms in total. The Bertz CT molecular complexity index is 489. The molecule has 0 amide bonds. The Hall–Kier alpha value is -2.24. The summed E-state index contributed by atoms with van der Waals surface area (Å²) in [4.78, 5) is 0.504. The van der Waals surface area contributed by atoms with Crippen molar-refractivity contribution in [3.8, 4) is 0 Å². The number of furan rings is 1. The van der Waals surface area contributed by atoms with Crippen LogP contribution in [0.4, 0.5) is 5.82 Å². The average Bonchev–Trinajstić information content (AvgIpc) is 2.73. The van der Waals surface area contributed by atoms with Gasteiger partial charge in [0.2, 0.25) is 0 Å². The molecule has 0 radical (unpaired) electrons. The minimum absolute atomic E-state index is 0.0708. The topological polar surface area (TPSA) is 87.1 Å². The molecule has 2 heterocycles. The molecule has 2 aromatic heterocycles. The van der Waals surface area contributed by atoms with Gasteiger partial charge in [0.1, 0.15) is 5.76 Å². The van der Waals surface area contributed by atoms with Gasteiger partial charge in [-0.15, -0.1) is 5.10 Å². The maximum Gasteiger partial charge on any atom is 0.182 e. The first-order valence-corrected chi connectivity index (χ1v) is 4.36. The van der Waals surface area contributed by atoms with Crippen LogP contribution in [0.1, 0.15) is 5.76 Å². The smallest absolute Gasteiger partial charge is 0.182 e. The predicted octanol–water partition coefficient (Wildman–Crippen LogP) is 0.805. The second-order valence-corrected chi connectivity index (χ2v) is 2.93. The van der Waals surface area contributed by atoms with E-state index >= 15 is 0 Å². The maximum absolute atomic E-state index is 9.11. The normalized spacial score (nSPS) is 10.1. The van der Waals surface area contributed by atoms with Crippen molar-refractivity contribution in [3.63, 3.8) is 0 Å². The second-order valence-electron chi connectivity index (χ2n) is 2.93. The van der Waals surface area contributed by atoms with Crippen LogP contribution in [0.2, 0.25) is 0 Å². The van der Waals surface area contributed by atoms with Gasteiger partial charge in [-0.1, -0.05) is 4.85 Å². The summed E-state index contributed by atoms with van der Waals surface area (Å²) < 4.78 is 5.11. The highest BCUT2D eigenvalue weighted by Gasteiger charge is 1.98. The molecule has 0 saturated heterocycles. The van der Waals surface area contributed by atoms with E-state index in [-0.39, 0.29) is 5.49 Å². The number of rotatable bonds is 3. The third-order valence-electron chi connectivity index (χ3n) is 1.84. The Morgan fingerprint density at radius 2 is 2.33 bits per heavy atom. The fourth-order valence-corrected chi connectivity index (χ4v) is 1.10. The lowest BCUT2D eigenvalue weighted by Gasteiger charge is -2.03. The van der Waals surface area contributed by atoms with Gasteiger partial charge in [-0.05, 0) is 24.3 Å². The van der Waals surface area contributed by atoms with E-state index in [0.717, 1.165) is 5.76 Å². The molecule has 2 rings (SSSR count). The van der Waals surface area contributed by atoms with E-state index < -0.39 is 0 Å². The minimum atomic E-state index is -0.0708. The lowest BCUT2D eigenvalue weighted by molar-refractivity contribution is 0.131. The third kappa shape index (κ3) is 2.16. The van der Waals surface area contributed by atoms with E-state index in [4.69, 9.17) is 15.0 Å². The zero-order valence-electron chi connectivity index (χ0n) is 7.84. The van der Waals surface area contributed by atoms with Gasteiger partial charge in [-0.3, -0.25) is 5.41 Å². The molecular formula is C9H10N4O2. The van der Waals surface area contributed by atoms with Crippen LogP contribution in [0.5, 0.6) is 0 Å². The molecule has 2 aromatic rings. The Kier molecular flexibility index (Phi) is 2.40. The van der Waals surface area contributed by atoms with Crippen molar-refractivity contribution in [1.82, 2.24) is 9.94 Å². The Morgan fingerprint density at radius 1 is 1.47 bits per heavy atom. The van der Waals surface area contributed by atoms with Crippen molar-refractivity contribution in [2.45, 2.75) is 6.54 Å². The number of hydrogen-bond donors (Lipinski definition) is 3. The summed E-state index contributed by atoms with van der Waals surface area (Å²) in [5, 5.41) is 23.0. The molecule has 0 spiro atoms. The van der Waals surface area contributed by atoms with Gasteiger partial charge in [0.25, 0.3) is 0 Å². The maximum atomic E-state index is 9.11. The minimum Gasteiger partial charge on any atom is -0.467 e. The van der Waals surface area contributed by atoms with Crippen LogP contribution in [0.25, 0.3) is 0 Å². The van der Waals surface area contributed by atoms with Crippen LogP contribution < -0.4 is 10.8 Å². The van der Waals surface area contributed by atoms with E-state index in [9.17, 15) is 0 Å². The molecular weight excluding hydrogens is 196 g/mol. The van der Waals surface area contributed by atoms with Gasteiger partial charge in [0.05, 0.1) is 12.8 Å². The molecule has 0 bridgehead atoms. The van der Waals surface area contributed by atoms with Crippen LogP contribution in [0.3, 0.4) is 0 Å². The zero-order valence-corrected chi connectivity index (χ0v) is 7.84. The summed E-state index contributed by atoms with van der Waals surface area (Å²) in [5.41, 5.74) is -0.0708. The van der Waals surface area contributed by atoms with Gasteiger partial charge in [-0.25, -0.2) is 0 Å². The quantitative estimate of drug-likeness (QED) is 0.648. The molecule has 0 unspecified atom stereocenters. The summed E-state index contributed by atoms with van der Waals surface area (Å²) in [5.74, 6) is 1.25. The molecule has 0 aliphatic heterocycles. The molecule has 15 heavy (non-hydrogen) atoms. The summed E-state index contributed by atoms with van der Waals surface area (Å²) in [6, 6.07) is 6.68. The van der Waals surface area contributed by atoms with E-state index in [2.05, 4.69) is 10.4 Å². The first-order valence-electron chi connectivity index (χ1n) is 4.36. The highest BCUT2D eigenvalue weighted by atomic mass is 16.5. The molecule has 78 valence electrons. The SMILES string of the molecule is N=c1ccc(NCc2ccco2)nn1O. The number of nitrogens with one attached hydrogen (secondary N) is 2. The molecule has 0 aliphatic rings. The fraction of sp³-hybridized carbons (Fsp3) is 0.111. The largest absolute Gasteiger partial charge is 0.467 e. The fourth-order valence-electron chi connectivity index (χ4n) is 1.10. The van der Waals surface area contributed by atoms with E-state index in [1.807, 2.05) is 6.07 Å². The second kappa shape index (κ2) is 3.87. The monoisotopic (exact) mass is 206 g/mol. The lowest BCUT2D eigenvalue weighted by atomic mass is 10.4. The Labute approximate surface area is 85.2 Å². The van der Waals surface area contributed by atoms with Crippen LogP contribution in [0, 0.1) is 5.41 Å². The van der Waals surface area contributed by atoms with Crippen LogP contribution in [0.15, 0.2) is 34.9 Å². The number of hydrogen-bond acceptors (Lipinski definition) is 5. The van der Waals surface area contributed by atoms with Crippen LogP contribution in [-0.4, -0.2) is 15.2 Å². The van der Waals surface area contributed by atoms with E-state index in [0.29, 0.717) is 17.2 Å². The third-order valence-corrected chi connectivity index (χ3v) is 1.84. The summed E-state index contributed by atoms with van der Waals surface area (Å²) >= 11 is 0. The van der Waals surface area contributed by atoms with Crippen molar-refractivity contribution in [3.05, 3.63) is 41.8 Å². The predicted molar refractivity (Wildman–Crippen MR) is 51.3 cm³/mol. The standard InChI is InChI=1S/C9H10N4O2/c10-8-3-4-9(12-13(8)14)11-6-7-2-1-5-15-7/h1-5,10,14H,6H2,(H,11,12). The number of aromatic nitrogens is 2. The van der Waals surface area contributed by atoms with Crippen LogP contribution >= 0.6 is 0 Å². The van der Waals surface area contributed by atoms with E-state index in [1.165, 1.54) is 6.07 Å². The molecule has 0 saturated carbocycles. The van der Waals surface area contributed by atoms with Crippen molar-refractivity contribution < 1.29 is 9.62 Å². The molecule has 0 aromatic carbocycles. The highest BCUT2D eigenvalue weighted by molar-refractivity contribution is 5.31. The highest BCUT2D eigenvalue weighted by Crippen LogP contribution is 2.04. The Balaban J connectivity index is 2.05. The number of anilines is 1.